The number of hydrogen-bond donors (Lipinski definition) is 0. The van der Waals surface area contributed by atoms with Crippen molar-refractivity contribution in [1.29, 1.82) is 0 Å². The van der Waals surface area contributed by atoms with Gasteiger partial charge >= 0.3 is 5.97 Å². The highest BCUT2D eigenvalue weighted by molar-refractivity contribution is 7.20. The summed E-state index contributed by atoms with van der Waals surface area (Å²) >= 11 is 1.22. The van der Waals surface area contributed by atoms with Crippen molar-refractivity contribution in [2.75, 3.05) is 13.2 Å². The van der Waals surface area contributed by atoms with Crippen LogP contribution in [-0.4, -0.2) is 34.8 Å². The number of esters is 1. The van der Waals surface area contributed by atoms with E-state index in [9.17, 15) is 9.59 Å². The lowest BCUT2D eigenvalue weighted by Crippen LogP contribution is -2.34. The number of hydrogen-bond acceptors (Lipinski definition) is 7. The smallest absolute Gasteiger partial charge is 0.348 e. The largest absolute Gasteiger partial charge is 0.486 e. The van der Waals surface area contributed by atoms with E-state index >= 15 is 0 Å². The number of ether oxygens (including phenoxy) is 3. The summed E-state index contributed by atoms with van der Waals surface area (Å²) in [7, 11) is 0. The lowest BCUT2D eigenvalue weighted by Gasteiger charge is -2.25. The lowest BCUT2D eigenvalue weighted by molar-refractivity contribution is 0.0113. The van der Waals surface area contributed by atoms with Crippen LogP contribution in [-0.2, 0) is 17.7 Å². The normalized spacial score (nSPS) is 17.5. The molecule has 2 aliphatic heterocycles. The second kappa shape index (κ2) is 6.63. The van der Waals surface area contributed by atoms with Crippen LogP contribution in [0, 0.1) is 6.92 Å². The highest BCUT2D eigenvalue weighted by Gasteiger charge is 2.26. The average Bonchev–Trinajstić information content (AvgIpc) is 3.31. The predicted octanol–water partition coefficient (Wildman–Crippen LogP) is 2.71. The number of nitrogens with zero attached hydrogens (tertiary/aromatic N) is 2. The quantitative estimate of drug-likeness (QED) is 0.631. The lowest BCUT2D eigenvalue weighted by atomic mass is 10.2. The number of rotatable bonds is 3. The third-order valence-electron chi connectivity index (χ3n) is 5.06. The Kier molecular flexibility index (Phi) is 4.08. The maximum atomic E-state index is 12.7. The van der Waals surface area contributed by atoms with E-state index in [-0.39, 0.29) is 18.3 Å². The Morgan fingerprint density at radius 1 is 1.36 bits per heavy atom. The van der Waals surface area contributed by atoms with Crippen LogP contribution in [0.25, 0.3) is 10.2 Å². The van der Waals surface area contributed by atoms with Gasteiger partial charge in [-0.25, -0.2) is 9.78 Å². The predicted molar refractivity (Wildman–Crippen MR) is 104 cm³/mol. The van der Waals surface area contributed by atoms with Crippen LogP contribution < -0.4 is 15.0 Å². The van der Waals surface area contributed by atoms with Crippen LogP contribution in [0.15, 0.2) is 29.1 Å². The molecule has 0 amide bonds. The Morgan fingerprint density at radius 2 is 2.18 bits per heavy atom. The number of para-hydroxylation sites is 2. The molecule has 4 heterocycles. The van der Waals surface area contributed by atoms with Gasteiger partial charge < -0.3 is 14.2 Å². The van der Waals surface area contributed by atoms with Gasteiger partial charge in [-0.1, -0.05) is 12.1 Å². The molecule has 1 aromatic carbocycles. The summed E-state index contributed by atoms with van der Waals surface area (Å²) in [5.74, 6) is 1.65. The zero-order chi connectivity index (χ0) is 19.3. The molecular formula is C20H18N2O5S. The number of aromatic nitrogens is 2. The molecular weight excluding hydrogens is 380 g/mol. The minimum absolute atomic E-state index is 0.0640. The van der Waals surface area contributed by atoms with Crippen molar-refractivity contribution < 1.29 is 19.0 Å². The summed E-state index contributed by atoms with van der Waals surface area (Å²) in [6, 6.07) is 7.39. The molecule has 0 N–H and O–H groups in total. The van der Waals surface area contributed by atoms with Crippen LogP contribution in [0.4, 0.5) is 0 Å². The first-order chi connectivity index (χ1) is 13.6. The van der Waals surface area contributed by atoms with E-state index in [2.05, 4.69) is 4.98 Å². The van der Waals surface area contributed by atoms with E-state index in [4.69, 9.17) is 14.2 Å². The van der Waals surface area contributed by atoms with Crippen molar-refractivity contribution in [3.63, 3.8) is 0 Å². The van der Waals surface area contributed by atoms with Crippen molar-refractivity contribution >= 4 is 27.5 Å². The van der Waals surface area contributed by atoms with Crippen molar-refractivity contribution in [2.45, 2.75) is 32.4 Å². The van der Waals surface area contributed by atoms with Crippen molar-refractivity contribution in [3.05, 3.63) is 50.9 Å². The first-order valence-corrected chi connectivity index (χ1v) is 10.0. The molecule has 0 spiro atoms. The van der Waals surface area contributed by atoms with E-state index in [1.165, 1.54) is 11.3 Å². The minimum Gasteiger partial charge on any atom is -0.486 e. The Hall–Kier alpha value is -2.87. The van der Waals surface area contributed by atoms with Crippen molar-refractivity contribution in [2.24, 2.45) is 0 Å². The third kappa shape index (κ3) is 2.75. The molecule has 28 heavy (non-hydrogen) atoms. The molecule has 2 aromatic heterocycles. The third-order valence-corrected chi connectivity index (χ3v) is 6.23. The summed E-state index contributed by atoms with van der Waals surface area (Å²) < 4.78 is 18.6. The number of benzene rings is 1. The van der Waals surface area contributed by atoms with Crippen LogP contribution in [0.3, 0.4) is 0 Å². The summed E-state index contributed by atoms with van der Waals surface area (Å²) in [5.41, 5.74) is 0.571. The first-order valence-electron chi connectivity index (χ1n) is 9.20. The van der Waals surface area contributed by atoms with E-state index in [0.717, 1.165) is 18.7 Å². The summed E-state index contributed by atoms with van der Waals surface area (Å²) in [6.45, 7) is 2.85. The Balaban J connectivity index is 1.35. The monoisotopic (exact) mass is 398 g/mol. The molecule has 0 radical (unpaired) electrons. The fourth-order valence-corrected chi connectivity index (χ4v) is 4.73. The topological polar surface area (TPSA) is 79.7 Å². The number of fused-ring (bicyclic) bond motifs is 3. The molecule has 5 rings (SSSR count). The molecule has 8 heteroatoms. The van der Waals surface area contributed by atoms with Gasteiger partial charge in [0.25, 0.3) is 5.56 Å². The molecule has 0 saturated heterocycles. The van der Waals surface area contributed by atoms with Crippen molar-refractivity contribution in [1.82, 2.24) is 9.55 Å². The maximum Gasteiger partial charge on any atom is 0.348 e. The van der Waals surface area contributed by atoms with E-state index in [1.807, 2.05) is 24.3 Å². The highest BCUT2D eigenvalue weighted by atomic mass is 32.1. The van der Waals surface area contributed by atoms with Gasteiger partial charge in [0.1, 0.15) is 28.7 Å². The van der Waals surface area contributed by atoms with Gasteiger partial charge in [-0.2, -0.15) is 0 Å². The van der Waals surface area contributed by atoms with Crippen molar-refractivity contribution in [3.8, 4) is 11.5 Å². The summed E-state index contributed by atoms with van der Waals surface area (Å²) in [5, 5.41) is 0.522. The molecule has 0 saturated carbocycles. The molecule has 1 unspecified atom stereocenters. The van der Waals surface area contributed by atoms with Gasteiger partial charge in [0.2, 0.25) is 0 Å². The second-order valence-corrected chi connectivity index (χ2v) is 7.92. The Bertz CT molecular complexity index is 1150. The number of aryl methyl sites for hydroxylation is 2. The SMILES string of the molecule is Cc1c(C(=O)OCC2COc3ccccc3O2)sc2nc3n(c(=O)c12)CCC3. The van der Waals surface area contributed by atoms with Gasteiger partial charge in [-0.15, -0.1) is 11.3 Å². The first kappa shape index (κ1) is 17.2. The molecule has 2 aliphatic rings. The molecule has 144 valence electrons. The molecule has 0 aliphatic carbocycles. The fourth-order valence-electron chi connectivity index (χ4n) is 3.65. The number of carbonyl (C=O) groups is 1. The molecule has 7 nitrogen and oxygen atoms in total. The molecule has 0 bridgehead atoms. The van der Waals surface area contributed by atoms with Crippen LogP contribution in [0.1, 0.15) is 27.5 Å². The van der Waals surface area contributed by atoms with E-state index in [0.29, 0.717) is 45.3 Å². The van der Waals surface area contributed by atoms with Crippen LogP contribution in [0.2, 0.25) is 0 Å². The van der Waals surface area contributed by atoms with Gasteiger partial charge in [0.15, 0.2) is 17.6 Å². The standard InChI is InChI=1S/C20H18N2O5S/c1-11-16-18(21-15-7-4-8-22(15)19(16)23)28-17(11)20(24)26-10-12-9-25-13-5-2-3-6-14(13)27-12/h2-3,5-6,12H,4,7-10H2,1H3. The number of thiophene rings is 1. The number of carbonyl (C=O) groups excluding carboxylic acids is 1. The summed E-state index contributed by atoms with van der Waals surface area (Å²) in [6.07, 6.45) is 1.35. The fraction of sp³-hybridized carbons (Fsp3) is 0.350. The van der Waals surface area contributed by atoms with Crippen LogP contribution >= 0.6 is 11.3 Å². The van der Waals surface area contributed by atoms with E-state index < -0.39 is 5.97 Å². The second-order valence-electron chi connectivity index (χ2n) is 6.92. The van der Waals surface area contributed by atoms with Gasteiger partial charge in [0, 0.05) is 13.0 Å². The average molecular weight is 398 g/mol. The summed E-state index contributed by atoms with van der Waals surface area (Å²) in [4.78, 5) is 31.0. The minimum atomic E-state index is -0.465. The molecule has 1 atom stereocenters. The Morgan fingerprint density at radius 3 is 3.04 bits per heavy atom. The van der Waals surface area contributed by atoms with Crippen LogP contribution in [0.5, 0.6) is 11.5 Å². The highest BCUT2D eigenvalue weighted by Crippen LogP contribution is 2.32. The van der Waals surface area contributed by atoms with E-state index in [1.54, 1.807) is 11.5 Å². The maximum absolute atomic E-state index is 12.7. The zero-order valence-corrected chi connectivity index (χ0v) is 16.1. The van der Waals surface area contributed by atoms with Gasteiger partial charge in [0.05, 0.1) is 5.39 Å². The molecule has 3 aromatic rings. The van der Waals surface area contributed by atoms with Gasteiger partial charge in [-0.05, 0) is 31.0 Å². The molecule has 0 fully saturated rings. The Labute approximate surface area is 164 Å². The zero-order valence-electron chi connectivity index (χ0n) is 15.3. The van der Waals surface area contributed by atoms with Gasteiger partial charge in [-0.3, -0.25) is 9.36 Å².